The number of dihydropyridines is 1. The number of nitrogens with zero attached hydrogens (tertiary/aromatic N) is 2. The predicted octanol–water partition coefficient (Wildman–Crippen LogP) is 3.05. The maximum Gasteiger partial charge on any atom is 0.410 e. The van der Waals surface area contributed by atoms with Gasteiger partial charge in [0.2, 0.25) is 0 Å². The van der Waals surface area contributed by atoms with Crippen LogP contribution in [0.5, 0.6) is 0 Å². The fourth-order valence-electron chi connectivity index (χ4n) is 2.81. The van der Waals surface area contributed by atoms with E-state index in [0.29, 0.717) is 12.5 Å². The van der Waals surface area contributed by atoms with Gasteiger partial charge in [0.1, 0.15) is 6.61 Å². The van der Waals surface area contributed by atoms with Crippen LogP contribution in [0.3, 0.4) is 0 Å². The van der Waals surface area contributed by atoms with Crippen LogP contribution in [0.25, 0.3) is 0 Å². The Labute approximate surface area is 125 Å². The minimum atomic E-state index is -0.213. The molecule has 4 heteroatoms. The second-order valence-electron chi connectivity index (χ2n) is 5.50. The molecule has 2 heterocycles. The molecule has 1 aromatic rings. The van der Waals surface area contributed by atoms with Gasteiger partial charge in [-0.2, -0.15) is 0 Å². The van der Waals surface area contributed by atoms with Crippen LogP contribution in [0.2, 0.25) is 0 Å². The van der Waals surface area contributed by atoms with E-state index in [0.717, 1.165) is 38.0 Å². The fraction of sp³-hybridized carbons (Fsp3) is 0.412. The second kappa shape index (κ2) is 6.57. The third-order valence-corrected chi connectivity index (χ3v) is 4.00. The van der Waals surface area contributed by atoms with Crippen molar-refractivity contribution in [2.24, 2.45) is 10.9 Å². The summed E-state index contributed by atoms with van der Waals surface area (Å²) in [6.45, 7) is 2.74. The van der Waals surface area contributed by atoms with Crippen molar-refractivity contribution in [1.29, 1.82) is 0 Å². The van der Waals surface area contributed by atoms with Crippen LogP contribution in [-0.4, -0.2) is 36.8 Å². The van der Waals surface area contributed by atoms with Crippen molar-refractivity contribution in [1.82, 2.24) is 4.90 Å². The number of hydrogen-bond donors (Lipinski definition) is 0. The normalized spacial score (nSPS) is 21.2. The Kier molecular flexibility index (Phi) is 4.34. The van der Waals surface area contributed by atoms with Gasteiger partial charge in [0.15, 0.2) is 0 Å². The van der Waals surface area contributed by atoms with Gasteiger partial charge in [0.05, 0.1) is 0 Å². The number of hydrogen-bond acceptors (Lipinski definition) is 3. The van der Waals surface area contributed by atoms with Crippen molar-refractivity contribution >= 4 is 12.3 Å². The highest BCUT2D eigenvalue weighted by atomic mass is 16.6. The Morgan fingerprint density at radius 3 is 2.95 bits per heavy atom. The standard InChI is InChI=1S/C17H20N2O2/c20-17(21-13-14-5-2-1-3-6-14)19-10-8-16(12-19)15-7-4-9-18-11-15/h1-3,5-7,11,16H,4,8-10,12-13H2. The molecular weight excluding hydrogens is 264 g/mol. The smallest absolute Gasteiger partial charge is 0.410 e. The fourth-order valence-corrected chi connectivity index (χ4v) is 2.81. The molecule has 110 valence electrons. The number of amides is 1. The van der Waals surface area contributed by atoms with Gasteiger partial charge in [-0.1, -0.05) is 36.4 Å². The molecule has 1 saturated heterocycles. The lowest BCUT2D eigenvalue weighted by molar-refractivity contribution is 0.103. The molecule has 0 saturated carbocycles. The predicted molar refractivity (Wildman–Crippen MR) is 82.4 cm³/mol. The summed E-state index contributed by atoms with van der Waals surface area (Å²) in [5.74, 6) is 0.415. The van der Waals surface area contributed by atoms with Crippen LogP contribution in [-0.2, 0) is 11.3 Å². The molecule has 2 aliphatic rings. The van der Waals surface area contributed by atoms with Gasteiger partial charge >= 0.3 is 6.09 Å². The molecule has 0 aliphatic carbocycles. The molecule has 0 bridgehead atoms. The van der Waals surface area contributed by atoms with Crippen molar-refractivity contribution in [2.75, 3.05) is 19.6 Å². The molecular formula is C17H20N2O2. The first-order chi connectivity index (χ1) is 10.3. The van der Waals surface area contributed by atoms with Gasteiger partial charge < -0.3 is 9.64 Å². The molecule has 0 spiro atoms. The van der Waals surface area contributed by atoms with E-state index in [4.69, 9.17) is 4.74 Å². The van der Waals surface area contributed by atoms with Crippen LogP contribution in [0.1, 0.15) is 18.4 Å². The largest absolute Gasteiger partial charge is 0.445 e. The first kappa shape index (κ1) is 13.9. The van der Waals surface area contributed by atoms with Crippen molar-refractivity contribution in [3.05, 3.63) is 47.5 Å². The van der Waals surface area contributed by atoms with E-state index in [-0.39, 0.29) is 6.09 Å². The third-order valence-electron chi connectivity index (χ3n) is 4.00. The molecule has 1 fully saturated rings. The molecule has 0 N–H and O–H groups in total. The molecule has 0 aromatic heterocycles. The topological polar surface area (TPSA) is 41.9 Å². The Balaban J connectivity index is 1.50. The van der Waals surface area contributed by atoms with E-state index >= 15 is 0 Å². The number of benzene rings is 1. The van der Waals surface area contributed by atoms with E-state index in [9.17, 15) is 4.79 Å². The second-order valence-corrected chi connectivity index (χ2v) is 5.50. The van der Waals surface area contributed by atoms with Crippen LogP contribution in [0.4, 0.5) is 4.79 Å². The highest BCUT2D eigenvalue weighted by molar-refractivity contribution is 5.80. The highest BCUT2D eigenvalue weighted by Gasteiger charge is 2.29. The van der Waals surface area contributed by atoms with Crippen molar-refractivity contribution < 1.29 is 9.53 Å². The van der Waals surface area contributed by atoms with Crippen LogP contribution in [0, 0.1) is 5.92 Å². The maximum atomic E-state index is 12.1. The Bertz CT molecular complexity index is 551. The first-order valence-electron chi connectivity index (χ1n) is 7.48. The van der Waals surface area contributed by atoms with Crippen LogP contribution >= 0.6 is 0 Å². The number of likely N-dealkylation sites (tertiary alicyclic amines) is 1. The lowest BCUT2D eigenvalue weighted by Gasteiger charge is -2.17. The third kappa shape index (κ3) is 3.51. The molecule has 2 aliphatic heterocycles. The molecule has 1 aromatic carbocycles. The zero-order valence-electron chi connectivity index (χ0n) is 12.1. The zero-order valence-corrected chi connectivity index (χ0v) is 12.1. The SMILES string of the molecule is O=C(OCc1ccccc1)N1CCC(C2=CCCN=C2)C1. The molecule has 1 unspecified atom stereocenters. The van der Waals surface area contributed by atoms with Crippen LogP contribution in [0.15, 0.2) is 47.0 Å². The number of carbonyl (C=O) groups excluding carboxylic acids is 1. The van der Waals surface area contributed by atoms with Gasteiger partial charge in [-0.3, -0.25) is 4.99 Å². The average molecular weight is 284 g/mol. The minimum Gasteiger partial charge on any atom is -0.445 e. The van der Waals surface area contributed by atoms with Gasteiger partial charge in [-0.25, -0.2) is 4.79 Å². The number of rotatable bonds is 3. The molecule has 1 amide bonds. The highest BCUT2D eigenvalue weighted by Crippen LogP contribution is 2.25. The van der Waals surface area contributed by atoms with E-state index in [1.807, 2.05) is 36.5 Å². The summed E-state index contributed by atoms with van der Waals surface area (Å²) < 4.78 is 5.38. The minimum absolute atomic E-state index is 0.213. The van der Waals surface area contributed by atoms with Gasteiger partial charge in [0, 0.05) is 31.8 Å². The maximum absolute atomic E-state index is 12.1. The van der Waals surface area contributed by atoms with Crippen molar-refractivity contribution in [3.63, 3.8) is 0 Å². The monoisotopic (exact) mass is 284 g/mol. The quantitative estimate of drug-likeness (QED) is 0.856. The lowest BCUT2D eigenvalue weighted by atomic mass is 9.97. The number of aliphatic imine (C=N–C) groups is 1. The van der Waals surface area contributed by atoms with E-state index in [1.165, 1.54) is 5.57 Å². The number of carbonyl (C=O) groups is 1. The Morgan fingerprint density at radius 2 is 2.19 bits per heavy atom. The van der Waals surface area contributed by atoms with Gasteiger partial charge in [-0.15, -0.1) is 0 Å². The first-order valence-corrected chi connectivity index (χ1v) is 7.48. The summed E-state index contributed by atoms with van der Waals surface area (Å²) in [6, 6.07) is 9.77. The molecule has 4 nitrogen and oxygen atoms in total. The van der Waals surface area contributed by atoms with E-state index < -0.39 is 0 Å². The lowest BCUT2D eigenvalue weighted by Crippen LogP contribution is -2.29. The summed E-state index contributed by atoms with van der Waals surface area (Å²) in [5, 5.41) is 0. The molecule has 1 atom stereocenters. The Morgan fingerprint density at radius 1 is 1.33 bits per heavy atom. The van der Waals surface area contributed by atoms with Crippen molar-refractivity contribution in [3.8, 4) is 0 Å². The summed E-state index contributed by atoms with van der Waals surface area (Å²) in [6.07, 6.45) is 6.01. The van der Waals surface area contributed by atoms with E-state index in [2.05, 4.69) is 11.1 Å². The van der Waals surface area contributed by atoms with Gasteiger partial charge in [0.25, 0.3) is 0 Å². The van der Waals surface area contributed by atoms with Crippen LogP contribution < -0.4 is 0 Å². The van der Waals surface area contributed by atoms with Gasteiger partial charge in [-0.05, 0) is 24.0 Å². The summed E-state index contributed by atoms with van der Waals surface area (Å²) in [4.78, 5) is 18.2. The summed E-state index contributed by atoms with van der Waals surface area (Å²) in [5.41, 5.74) is 2.29. The Hall–Kier alpha value is -2.10. The average Bonchev–Trinajstić information content (AvgIpc) is 3.04. The zero-order chi connectivity index (χ0) is 14.5. The summed E-state index contributed by atoms with van der Waals surface area (Å²) in [7, 11) is 0. The van der Waals surface area contributed by atoms with Crippen molar-refractivity contribution in [2.45, 2.75) is 19.4 Å². The summed E-state index contributed by atoms with van der Waals surface area (Å²) >= 11 is 0. The molecule has 3 rings (SSSR count). The van der Waals surface area contributed by atoms with E-state index in [1.54, 1.807) is 4.90 Å². The number of ether oxygens (including phenoxy) is 1. The molecule has 0 radical (unpaired) electrons. The molecule has 21 heavy (non-hydrogen) atoms.